The van der Waals surface area contributed by atoms with Crippen LogP contribution in [0.5, 0.6) is 5.75 Å². The molecule has 0 spiro atoms. The minimum atomic E-state index is -0.353. The summed E-state index contributed by atoms with van der Waals surface area (Å²) >= 11 is 0. The van der Waals surface area contributed by atoms with E-state index in [1.807, 2.05) is 19.1 Å². The fraction of sp³-hybridized carbons (Fsp3) is 0.471. The highest BCUT2D eigenvalue weighted by atomic mass is 16.6. The molecule has 1 aromatic carbocycles. The van der Waals surface area contributed by atoms with Gasteiger partial charge in [-0.3, -0.25) is 14.5 Å². The van der Waals surface area contributed by atoms with Gasteiger partial charge in [-0.05, 0) is 31.0 Å². The predicted octanol–water partition coefficient (Wildman–Crippen LogP) is 0.679. The summed E-state index contributed by atoms with van der Waals surface area (Å²) in [5, 5.41) is 2.74. The van der Waals surface area contributed by atoms with Crippen molar-refractivity contribution in [2.24, 2.45) is 0 Å². The summed E-state index contributed by atoms with van der Waals surface area (Å²) < 4.78 is 10.3. The van der Waals surface area contributed by atoms with E-state index in [4.69, 9.17) is 9.47 Å². The average molecular weight is 347 g/mol. The molecular weight excluding hydrogens is 326 g/mol. The van der Waals surface area contributed by atoms with Crippen molar-refractivity contribution in [2.75, 3.05) is 44.3 Å². The Bertz CT molecular complexity index is 691. The number of carbonyl (C=O) groups is 3. The highest BCUT2D eigenvalue weighted by Crippen LogP contribution is 2.32. The smallest absolute Gasteiger partial charge is 0.409 e. The lowest BCUT2D eigenvalue weighted by atomic mass is 10.1. The highest BCUT2D eigenvalue weighted by molar-refractivity contribution is 6.02. The molecule has 1 aromatic rings. The molecule has 0 bridgehead atoms. The third-order valence-corrected chi connectivity index (χ3v) is 4.12. The van der Waals surface area contributed by atoms with E-state index in [-0.39, 0.29) is 31.1 Å². The molecule has 1 saturated heterocycles. The third-order valence-electron chi connectivity index (χ3n) is 4.12. The zero-order valence-corrected chi connectivity index (χ0v) is 14.1. The molecule has 0 aliphatic carbocycles. The van der Waals surface area contributed by atoms with Crippen LogP contribution in [0.15, 0.2) is 18.2 Å². The van der Waals surface area contributed by atoms with E-state index in [0.29, 0.717) is 37.7 Å². The van der Waals surface area contributed by atoms with Gasteiger partial charge < -0.3 is 19.7 Å². The van der Waals surface area contributed by atoms with Crippen molar-refractivity contribution >= 4 is 23.6 Å². The van der Waals surface area contributed by atoms with Gasteiger partial charge in [0.1, 0.15) is 12.3 Å². The van der Waals surface area contributed by atoms with Crippen molar-refractivity contribution < 1.29 is 23.9 Å². The summed E-state index contributed by atoms with van der Waals surface area (Å²) in [4.78, 5) is 38.8. The summed E-state index contributed by atoms with van der Waals surface area (Å²) in [7, 11) is 0. The minimum Gasteiger partial charge on any atom is -0.482 e. The van der Waals surface area contributed by atoms with Gasteiger partial charge in [-0.25, -0.2) is 4.79 Å². The number of ether oxygens (including phenoxy) is 2. The van der Waals surface area contributed by atoms with E-state index in [2.05, 4.69) is 5.32 Å². The van der Waals surface area contributed by atoms with Crippen molar-refractivity contribution in [1.29, 1.82) is 0 Å². The summed E-state index contributed by atoms with van der Waals surface area (Å²) in [6, 6.07) is 5.51. The number of benzene rings is 1. The van der Waals surface area contributed by atoms with Crippen LogP contribution in [0, 0.1) is 6.92 Å². The fourth-order valence-corrected chi connectivity index (χ4v) is 2.82. The second-order valence-electron chi connectivity index (χ2n) is 6.04. The van der Waals surface area contributed by atoms with Gasteiger partial charge in [0, 0.05) is 19.6 Å². The lowest BCUT2D eigenvalue weighted by Gasteiger charge is -2.29. The Balaban J connectivity index is 1.55. The minimum absolute atomic E-state index is 0.0803. The Morgan fingerprint density at radius 1 is 1.28 bits per heavy atom. The van der Waals surface area contributed by atoms with Crippen LogP contribution in [0.2, 0.25) is 0 Å². The van der Waals surface area contributed by atoms with Gasteiger partial charge in [0.25, 0.3) is 5.91 Å². The second-order valence-corrected chi connectivity index (χ2v) is 6.04. The first-order valence-electron chi connectivity index (χ1n) is 8.27. The van der Waals surface area contributed by atoms with Crippen LogP contribution < -0.4 is 15.0 Å². The molecule has 25 heavy (non-hydrogen) atoms. The normalized spacial score (nSPS) is 16.8. The number of carbonyl (C=O) groups excluding carboxylic acids is 3. The van der Waals surface area contributed by atoms with Gasteiger partial charge in [0.2, 0.25) is 5.91 Å². The van der Waals surface area contributed by atoms with Crippen LogP contribution in [-0.4, -0.2) is 62.2 Å². The number of anilines is 1. The molecule has 1 N–H and O–H groups in total. The molecule has 3 amide bonds. The molecule has 2 aliphatic rings. The van der Waals surface area contributed by atoms with Crippen LogP contribution in [0.3, 0.4) is 0 Å². The monoisotopic (exact) mass is 347 g/mol. The van der Waals surface area contributed by atoms with Crippen molar-refractivity contribution in [3.63, 3.8) is 0 Å². The van der Waals surface area contributed by atoms with Crippen molar-refractivity contribution in [1.82, 2.24) is 10.2 Å². The van der Waals surface area contributed by atoms with E-state index >= 15 is 0 Å². The molecule has 0 saturated carbocycles. The molecule has 8 nitrogen and oxygen atoms in total. The molecule has 8 heteroatoms. The maximum atomic E-state index is 12.2. The summed E-state index contributed by atoms with van der Waals surface area (Å²) in [5.74, 6) is 0.0509. The maximum absolute atomic E-state index is 12.2. The zero-order valence-electron chi connectivity index (χ0n) is 14.1. The van der Waals surface area contributed by atoms with Crippen LogP contribution in [0.4, 0.5) is 10.5 Å². The summed E-state index contributed by atoms with van der Waals surface area (Å²) in [6.07, 6.45) is 0.436. The van der Waals surface area contributed by atoms with Crippen LogP contribution in [0.1, 0.15) is 12.0 Å². The Kier molecular flexibility index (Phi) is 5.06. The first-order valence-corrected chi connectivity index (χ1v) is 8.27. The standard InChI is InChI=1S/C17H21N3O5/c1-12-3-4-14-13(9-12)20(16(22)11-25-14)10-15(21)18-5-7-19-6-2-8-24-17(19)23/h3-4,9H,2,5-8,10-11H2,1H3,(H,18,21). The number of amides is 3. The number of cyclic esters (lactones) is 1. The van der Waals surface area contributed by atoms with Gasteiger partial charge in [-0.1, -0.05) is 6.07 Å². The fourth-order valence-electron chi connectivity index (χ4n) is 2.82. The number of nitrogens with zero attached hydrogens (tertiary/aromatic N) is 2. The number of aryl methyl sites for hydroxylation is 1. The summed E-state index contributed by atoms with van der Waals surface area (Å²) in [6.45, 7) is 3.52. The van der Waals surface area contributed by atoms with Gasteiger partial charge in [-0.2, -0.15) is 0 Å². The molecule has 1 fully saturated rings. The molecule has 0 aromatic heterocycles. The van der Waals surface area contributed by atoms with Crippen LogP contribution >= 0.6 is 0 Å². The van der Waals surface area contributed by atoms with Gasteiger partial charge in [0.15, 0.2) is 6.61 Å². The van der Waals surface area contributed by atoms with Crippen LogP contribution in [-0.2, 0) is 14.3 Å². The van der Waals surface area contributed by atoms with Crippen molar-refractivity contribution in [3.05, 3.63) is 23.8 Å². The van der Waals surface area contributed by atoms with E-state index in [9.17, 15) is 14.4 Å². The number of hydrogen-bond donors (Lipinski definition) is 1. The van der Waals surface area contributed by atoms with Gasteiger partial charge in [0.05, 0.1) is 12.3 Å². The van der Waals surface area contributed by atoms with Crippen molar-refractivity contribution in [3.8, 4) is 5.75 Å². The predicted molar refractivity (Wildman–Crippen MR) is 89.6 cm³/mol. The van der Waals surface area contributed by atoms with E-state index in [1.165, 1.54) is 4.90 Å². The highest BCUT2D eigenvalue weighted by Gasteiger charge is 2.27. The molecule has 2 heterocycles. The first-order chi connectivity index (χ1) is 12.0. The maximum Gasteiger partial charge on any atom is 0.409 e. The Morgan fingerprint density at radius 2 is 2.12 bits per heavy atom. The number of hydrogen-bond acceptors (Lipinski definition) is 5. The average Bonchev–Trinajstić information content (AvgIpc) is 2.59. The van der Waals surface area contributed by atoms with Gasteiger partial charge in [-0.15, -0.1) is 0 Å². The molecule has 2 aliphatic heterocycles. The topological polar surface area (TPSA) is 88.2 Å². The molecule has 0 unspecified atom stereocenters. The van der Waals surface area contributed by atoms with E-state index < -0.39 is 0 Å². The Morgan fingerprint density at radius 3 is 2.92 bits per heavy atom. The quantitative estimate of drug-likeness (QED) is 0.846. The largest absolute Gasteiger partial charge is 0.482 e. The molecular formula is C17H21N3O5. The lowest BCUT2D eigenvalue weighted by molar-refractivity contribution is -0.125. The third kappa shape index (κ3) is 4.01. The second kappa shape index (κ2) is 7.42. The molecule has 134 valence electrons. The van der Waals surface area contributed by atoms with E-state index in [1.54, 1.807) is 11.0 Å². The lowest BCUT2D eigenvalue weighted by Crippen LogP contribution is -2.47. The molecule has 0 radical (unpaired) electrons. The SMILES string of the molecule is Cc1ccc2c(c1)N(CC(=O)NCCN1CCCOC1=O)C(=O)CO2. The van der Waals surface area contributed by atoms with Gasteiger partial charge >= 0.3 is 6.09 Å². The Labute approximate surface area is 145 Å². The first kappa shape index (κ1) is 17.1. The number of nitrogens with one attached hydrogen (secondary N) is 1. The number of fused-ring (bicyclic) bond motifs is 1. The summed E-state index contributed by atoms with van der Waals surface area (Å²) in [5.41, 5.74) is 1.58. The van der Waals surface area contributed by atoms with Crippen LogP contribution in [0.25, 0.3) is 0 Å². The molecule has 3 rings (SSSR count). The Hall–Kier alpha value is -2.77. The van der Waals surface area contributed by atoms with Crippen molar-refractivity contribution in [2.45, 2.75) is 13.3 Å². The number of rotatable bonds is 5. The zero-order chi connectivity index (χ0) is 17.8. The van der Waals surface area contributed by atoms with E-state index in [0.717, 1.165) is 12.0 Å². The molecule has 0 atom stereocenters.